The molecule has 0 saturated carbocycles. The van der Waals surface area contributed by atoms with E-state index in [-0.39, 0.29) is 58.3 Å². The molecule has 13 heteroatoms. The quantitative estimate of drug-likeness (QED) is 0.0951. The summed E-state index contributed by atoms with van der Waals surface area (Å²) in [6, 6.07) is 18.4. The van der Waals surface area contributed by atoms with E-state index in [1.807, 2.05) is 31.2 Å². The molecule has 57 heavy (non-hydrogen) atoms. The van der Waals surface area contributed by atoms with Crippen LogP contribution in [0.15, 0.2) is 54.6 Å². The van der Waals surface area contributed by atoms with Crippen molar-refractivity contribution in [3.8, 4) is 0 Å². The second-order valence-corrected chi connectivity index (χ2v) is 17.1. The number of esters is 4. The monoisotopic (exact) mass is 840 g/mol. The van der Waals surface area contributed by atoms with Crippen LogP contribution in [0.3, 0.4) is 0 Å². The first-order valence-electron chi connectivity index (χ1n) is 18.7. The van der Waals surface area contributed by atoms with Gasteiger partial charge in [-0.15, -0.1) is 0 Å². The van der Waals surface area contributed by atoms with Gasteiger partial charge in [0.25, 0.3) is 0 Å². The van der Waals surface area contributed by atoms with Gasteiger partial charge in [0.05, 0.1) is 14.2 Å². The van der Waals surface area contributed by atoms with Gasteiger partial charge in [0.15, 0.2) is 0 Å². The number of carbonyl (C=O) groups excluding carboxylic acids is 4. The molecule has 0 radical (unpaired) electrons. The van der Waals surface area contributed by atoms with E-state index in [4.69, 9.17) is 28.9 Å². The summed E-state index contributed by atoms with van der Waals surface area (Å²) in [6.07, 6.45) is 0.406. The number of benzene rings is 1. The average molecular weight is 840 g/mol. The van der Waals surface area contributed by atoms with E-state index in [0.717, 1.165) is 33.5 Å². The number of aromatic nitrogens is 4. The fourth-order valence-electron chi connectivity index (χ4n) is 7.33. The Balaban J connectivity index is 1.76. The molecule has 2 aliphatic rings. The maximum atomic E-state index is 13.1. The molecule has 0 amide bonds. The van der Waals surface area contributed by atoms with Crippen molar-refractivity contribution in [2.45, 2.75) is 76.5 Å². The Labute approximate surface area is 338 Å². The zero-order valence-electron chi connectivity index (χ0n) is 33.6. The molecular formula is C44H48N4O8Se. The Hall–Kier alpha value is -5.52. The van der Waals surface area contributed by atoms with Crippen molar-refractivity contribution >= 4 is 76.5 Å². The van der Waals surface area contributed by atoms with Crippen molar-refractivity contribution in [1.82, 2.24) is 19.9 Å². The predicted octanol–water partition coefficient (Wildman–Crippen LogP) is 6.23. The van der Waals surface area contributed by atoms with Crippen LogP contribution in [-0.2, 0) is 56.4 Å². The molecule has 1 aromatic carbocycles. The number of nitrogens with one attached hydrogen (secondary N) is 2. The minimum atomic E-state index is -0.460. The van der Waals surface area contributed by atoms with Gasteiger partial charge in [-0.3, -0.25) is 4.79 Å². The van der Waals surface area contributed by atoms with Crippen LogP contribution in [0.5, 0.6) is 0 Å². The number of rotatable bonds is 12. The van der Waals surface area contributed by atoms with Crippen LogP contribution in [0.4, 0.5) is 0 Å². The van der Waals surface area contributed by atoms with Gasteiger partial charge in [0.1, 0.15) is 0 Å². The summed E-state index contributed by atoms with van der Waals surface area (Å²) in [5.41, 5.74) is 10.1. The third-order valence-corrected chi connectivity index (χ3v) is 14.2. The number of hydrogen-bond acceptors (Lipinski definition) is 10. The molecule has 1 unspecified atom stereocenters. The number of ether oxygens (including phenoxy) is 4. The van der Waals surface area contributed by atoms with Gasteiger partial charge >= 0.3 is 315 Å². The van der Waals surface area contributed by atoms with Gasteiger partial charge in [-0.1, -0.05) is 0 Å². The molecule has 1 atom stereocenters. The Morgan fingerprint density at radius 1 is 0.649 bits per heavy atom. The van der Waals surface area contributed by atoms with Gasteiger partial charge in [0, 0.05) is 0 Å². The third kappa shape index (κ3) is 8.74. The van der Waals surface area contributed by atoms with Gasteiger partial charge in [0.2, 0.25) is 0 Å². The van der Waals surface area contributed by atoms with Crippen molar-refractivity contribution in [1.29, 1.82) is 0 Å². The van der Waals surface area contributed by atoms with E-state index >= 15 is 0 Å². The maximum absolute atomic E-state index is 13.1. The number of allylic oxidation sites excluding steroid dienone is 1. The minimum absolute atomic E-state index is 0.00298. The van der Waals surface area contributed by atoms with Crippen LogP contribution >= 0.6 is 0 Å². The molecule has 5 heterocycles. The number of nitrogens with zero attached hydrogens (tertiary/aromatic N) is 2. The van der Waals surface area contributed by atoms with Crippen LogP contribution in [0.1, 0.15) is 89.4 Å². The number of aromatic amines is 2. The van der Waals surface area contributed by atoms with Gasteiger partial charge in [-0.05, 0) is 0 Å². The summed E-state index contributed by atoms with van der Waals surface area (Å²) in [4.78, 5) is 68.9. The molecule has 0 fully saturated rings. The Morgan fingerprint density at radius 3 is 1.84 bits per heavy atom. The first-order chi connectivity index (χ1) is 27.3. The molecule has 2 N–H and O–H groups in total. The summed E-state index contributed by atoms with van der Waals surface area (Å²) in [7, 11) is 5.35. The van der Waals surface area contributed by atoms with E-state index in [1.165, 1.54) is 32.9 Å². The number of carbonyl (C=O) groups is 4. The summed E-state index contributed by atoms with van der Waals surface area (Å²) >= 11 is -0.00298. The number of aryl methyl sites for hydroxylation is 3. The predicted molar refractivity (Wildman–Crippen MR) is 219 cm³/mol. The van der Waals surface area contributed by atoms with Crippen molar-refractivity contribution < 1.29 is 38.1 Å². The van der Waals surface area contributed by atoms with Crippen molar-refractivity contribution in [3.05, 3.63) is 99.6 Å². The Bertz CT molecular complexity index is 2430. The Morgan fingerprint density at radius 2 is 1.19 bits per heavy atom. The second-order valence-electron chi connectivity index (χ2n) is 14.6. The molecule has 0 spiro atoms. The van der Waals surface area contributed by atoms with Crippen LogP contribution < -0.4 is 4.46 Å². The summed E-state index contributed by atoms with van der Waals surface area (Å²) in [5.74, 6) is -1.73. The number of H-pyrrole nitrogens is 2. The van der Waals surface area contributed by atoms with Gasteiger partial charge in [-0.2, -0.15) is 0 Å². The normalized spacial score (nSPS) is 14.6. The zero-order chi connectivity index (χ0) is 41.0. The average Bonchev–Trinajstić information content (AvgIpc) is 3.85. The number of fused-ring (bicyclic) bond motifs is 8. The summed E-state index contributed by atoms with van der Waals surface area (Å²) < 4.78 is 21.6. The first-order valence-corrected chi connectivity index (χ1v) is 20.6. The van der Waals surface area contributed by atoms with Crippen molar-refractivity contribution in [2.24, 2.45) is 0 Å². The summed E-state index contributed by atoms with van der Waals surface area (Å²) in [5, 5.41) is 0. The van der Waals surface area contributed by atoms with E-state index in [1.54, 1.807) is 0 Å². The zero-order valence-corrected chi connectivity index (χ0v) is 35.3. The molecule has 0 aliphatic carbocycles. The fourth-order valence-corrected chi connectivity index (χ4v) is 9.94. The number of methoxy groups -OCH3 is 4. The van der Waals surface area contributed by atoms with Crippen LogP contribution in [0, 0.1) is 13.8 Å². The Kier molecular flexibility index (Phi) is 12.5. The molecule has 4 aromatic rings. The molecular weight excluding hydrogens is 791 g/mol. The molecule has 8 bridgehead atoms. The van der Waals surface area contributed by atoms with Gasteiger partial charge < -0.3 is 4.74 Å². The van der Waals surface area contributed by atoms with E-state index in [9.17, 15) is 19.2 Å². The molecule has 2 aliphatic heterocycles. The van der Waals surface area contributed by atoms with Crippen molar-refractivity contribution in [3.63, 3.8) is 0 Å². The molecule has 0 saturated heterocycles. The van der Waals surface area contributed by atoms with E-state index < -0.39 is 29.3 Å². The topological polar surface area (TPSA) is 163 Å². The van der Waals surface area contributed by atoms with Gasteiger partial charge in [-0.25, -0.2) is 0 Å². The summed E-state index contributed by atoms with van der Waals surface area (Å²) in [6.45, 7) is 8.53. The van der Waals surface area contributed by atoms with Crippen LogP contribution in [-0.4, -0.2) is 87.2 Å². The molecule has 6 rings (SSSR count). The fraction of sp³-hybridized carbons (Fsp3) is 0.364. The van der Waals surface area contributed by atoms with E-state index in [0.29, 0.717) is 44.7 Å². The SMILES string of the molecule is COC(=O)CCC1=C(CC(=O)OC)c2cc3[nH]c(cc4nc(cc5[nH]c(cc1n2)c(CCC(=O)OC)c5CC(=O)OC)C(C)(C)C4[Se]c1ccccc1)c(C)c3C. The van der Waals surface area contributed by atoms with Crippen LogP contribution in [0.25, 0.3) is 33.2 Å². The molecule has 298 valence electrons. The third-order valence-electron chi connectivity index (χ3n) is 10.8. The molecule has 12 nitrogen and oxygen atoms in total. The van der Waals surface area contributed by atoms with Crippen LogP contribution in [0.2, 0.25) is 0 Å². The standard InChI is InChI=1S/C44H48N4O8Se/c1-24-25(2)32-21-37-43(57-26-12-10-9-11-13-26)44(3,4)38(48-37)23-36-30(19-42(52)56-8)28(15-17-40(50)54-6)34(47-36)22-33-27(14-16-39(49)53-5)29(18-41(51)55-7)35(46-33)20-31(24)45-32/h9-13,20-23,43,45,47H,14-19H2,1-8H3. The second kappa shape index (κ2) is 17.3. The van der Waals surface area contributed by atoms with Crippen molar-refractivity contribution in [2.75, 3.05) is 28.4 Å². The number of hydrogen-bond donors (Lipinski definition) is 2. The first kappa shape index (κ1) is 41.1. The molecule has 3 aromatic heterocycles. The van der Waals surface area contributed by atoms with E-state index in [2.05, 4.69) is 61.1 Å².